The van der Waals surface area contributed by atoms with Crippen molar-refractivity contribution >= 4 is 11.3 Å². The highest BCUT2D eigenvalue weighted by Gasteiger charge is 2.16. The standard InChI is InChI=1S/C15H16N2O3S/c1-18-9-12-14(6-7-16)21-15(17-12)11-8-10(19-2)4-5-13(11)20-3/h4-5,8H,6,9H2,1-3H3. The minimum absolute atomic E-state index is 0.322. The van der Waals surface area contributed by atoms with Crippen LogP contribution in [0.1, 0.15) is 10.6 Å². The van der Waals surface area contributed by atoms with Crippen molar-refractivity contribution in [3.63, 3.8) is 0 Å². The molecule has 0 aliphatic carbocycles. The molecule has 0 aliphatic rings. The number of benzene rings is 1. The van der Waals surface area contributed by atoms with Crippen LogP contribution >= 0.6 is 11.3 Å². The van der Waals surface area contributed by atoms with Crippen molar-refractivity contribution < 1.29 is 14.2 Å². The highest BCUT2D eigenvalue weighted by Crippen LogP contribution is 2.37. The molecule has 1 aromatic carbocycles. The van der Waals surface area contributed by atoms with Gasteiger partial charge in [0.2, 0.25) is 0 Å². The van der Waals surface area contributed by atoms with Crippen LogP contribution in [0.4, 0.5) is 0 Å². The van der Waals surface area contributed by atoms with Crippen LogP contribution in [0.3, 0.4) is 0 Å². The van der Waals surface area contributed by atoms with E-state index in [0.717, 1.165) is 32.6 Å². The summed E-state index contributed by atoms with van der Waals surface area (Å²) in [7, 11) is 4.84. The topological polar surface area (TPSA) is 64.4 Å². The summed E-state index contributed by atoms with van der Waals surface area (Å²) in [4.78, 5) is 5.50. The first-order valence-electron chi connectivity index (χ1n) is 6.30. The van der Waals surface area contributed by atoms with Gasteiger partial charge in [0.25, 0.3) is 0 Å². The molecule has 21 heavy (non-hydrogen) atoms. The molecule has 0 saturated carbocycles. The molecule has 110 valence electrons. The number of hydrogen-bond acceptors (Lipinski definition) is 6. The lowest BCUT2D eigenvalue weighted by molar-refractivity contribution is 0.181. The Morgan fingerprint density at radius 3 is 2.67 bits per heavy atom. The Hall–Kier alpha value is -2.10. The van der Waals surface area contributed by atoms with E-state index < -0.39 is 0 Å². The molecule has 1 heterocycles. The summed E-state index contributed by atoms with van der Waals surface area (Å²) < 4.78 is 15.8. The summed E-state index contributed by atoms with van der Waals surface area (Å²) in [5.41, 5.74) is 1.65. The number of aromatic nitrogens is 1. The number of nitrogens with zero attached hydrogens (tertiary/aromatic N) is 2. The zero-order valence-corrected chi connectivity index (χ0v) is 13.0. The lowest BCUT2D eigenvalue weighted by atomic mass is 10.2. The van der Waals surface area contributed by atoms with Crippen LogP contribution in [0, 0.1) is 11.3 Å². The molecule has 0 N–H and O–H groups in total. The molecule has 0 amide bonds. The fraction of sp³-hybridized carbons (Fsp3) is 0.333. The van der Waals surface area contributed by atoms with Gasteiger partial charge in [-0.05, 0) is 18.2 Å². The van der Waals surface area contributed by atoms with Crippen molar-refractivity contribution in [3.05, 3.63) is 28.8 Å². The van der Waals surface area contributed by atoms with Crippen molar-refractivity contribution in [1.82, 2.24) is 4.98 Å². The molecule has 0 aliphatic heterocycles. The maximum atomic E-state index is 8.92. The molecule has 2 aromatic rings. The molecule has 0 radical (unpaired) electrons. The van der Waals surface area contributed by atoms with Crippen LogP contribution in [0.25, 0.3) is 10.6 Å². The van der Waals surface area contributed by atoms with Gasteiger partial charge in [-0.2, -0.15) is 5.26 Å². The van der Waals surface area contributed by atoms with Gasteiger partial charge < -0.3 is 14.2 Å². The summed E-state index contributed by atoms with van der Waals surface area (Å²) in [5.74, 6) is 1.45. The summed E-state index contributed by atoms with van der Waals surface area (Å²) >= 11 is 1.48. The summed E-state index contributed by atoms with van der Waals surface area (Å²) in [6, 6.07) is 7.72. The number of nitriles is 1. The van der Waals surface area contributed by atoms with Crippen LogP contribution in [-0.2, 0) is 17.8 Å². The van der Waals surface area contributed by atoms with Crippen LogP contribution in [0.15, 0.2) is 18.2 Å². The maximum Gasteiger partial charge on any atom is 0.129 e. The zero-order chi connectivity index (χ0) is 15.2. The molecule has 2 rings (SSSR count). The Balaban J connectivity index is 2.50. The fourth-order valence-electron chi connectivity index (χ4n) is 1.94. The van der Waals surface area contributed by atoms with Gasteiger partial charge in [-0.1, -0.05) is 0 Å². The second-order valence-corrected chi connectivity index (χ2v) is 5.31. The number of rotatable bonds is 6. The van der Waals surface area contributed by atoms with Gasteiger partial charge in [0.15, 0.2) is 0 Å². The Morgan fingerprint density at radius 1 is 1.24 bits per heavy atom. The van der Waals surface area contributed by atoms with Crippen molar-refractivity contribution in [1.29, 1.82) is 5.26 Å². The van der Waals surface area contributed by atoms with Crippen LogP contribution < -0.4 is 9.47 Å². The Bertz CT molecular complexity index is 661. The van der Waals surface area contributed by atoms with Gasteiger partial charge in [0, 0.05) is 12.0 Å². The van der Waals surface area contributed by atoms with Crippen molar-refractivity contribution in [2.24, 2.45) is 0 Å². The van der Waals surface area contributed by atoms with Crippen LogP contribution in [0.2, 0.25) is 0 Å². The van der Waals surface area contributed by atoms with Gasteiger partial charge in [0.1, 0.15) is 16.5 Å². The number of hydrogen-bond donors (Lipinski definition) is 0. The van der Waals surface area contributed by atoms with Gasteiger partial charge in [-0.25, -0.2) is 4.98 Å². The highest BCUT2D eigenvalue weighted by atomic mass is 32.1. The van der Waals surface area contributed by atoms with E-state index in [4.69, 9.17) is 19.5 Å². The molecule has 0 spiro atoms. The summed E-state index contributed by atoms with van der Waals surface area (Å²) in [6.45, 7) is 0.389. The fourth-order valence-corrected chi connectivity index (χ4v) is 2.96. The summed E-state index contributed by atoms with van der Waals surface area (Å²) in [6.07, 6.45) is 0.322. The predicted octanol–water partition coefficient (Wildman–Crippen LogP) is 3.04. The molecule has 6 heteroatoms. The van der Waals surface area contributed by atoms with Gasteiger partial charge in [-0.3, -0.25) is 0 Å². The third kappa shape index (κ3) is 3.32. The molecule has 0 fully saturated rings. The quantitative estimate of drug-likeness (QED) is 0.820. The van der Waals surface area contributed by atoms with E-state index in [-0.39, 0.29) is 0 Å². The van der Waals surface area contributed by atoms with Crippen LogP contribution in [0.5, 0.6) is 11.5 Å². The average molecular weight is 304 g/mol. The maximum absolute atomic E-state index is 8.92. The van der Waals surface area contributed by atoms with E-state index in [2.05, 4.69) is 11.1 Å². The third-order valence-corrected chi connectivity index (χ3v) is 4.07. The first-order valence-corrected chi connectivity index (χ1v) is 7.12. The van der Waals surface area contributed by atoms with E-state index in [9.17, 15) is 0 Å². The molecule has 1 aromatic heterocycles. The smallest absolute Gasteiger partial charge is 0.129 e. The van der Waals surface area contributed by atoms with E-state index in [0.29, 0.717) is 13.0 Å². The SMILES string of the molecule is COCc1nc(-c2cc(OC)ccc2OC)sc1CC#N. The molecule has 0 saturated heterocycles. The van der Waals surface area contributed by atoms with E-state index in [1.54, 1.807) is 21.3 Å². The molecule has 0 bridgehead atoms. The molecular formula is C15H16N2O3S. The Labute approximate surface area is 127 Å². The van der Waals surface area contributed by atoms with Gasteiger partial charge >= 0.3 is 0 Å². The van der Waals surface area contributed by atoms with Gasteiger partial charge in [-0.15, -0.1) is 11.3 Å². The lowest BCUT2D eigenvalue weighted by Crippen LogP contribution is -1.93. The summed E-state index contributed by atoms with van der Waals surface area (Å²) in [5, 5.41) is 9.71. The first kappa shape index (κ1) is 15.3. The largest absolute Gasteiger partial charge is 0.497 e. The zero-order valence-electron chi connectivity index (χ0n) is 12.2. The monoisotopic (exact) mass is 304 g/mol. The van der Waals surface area contributed by atoms with Crippen molar-refractivity contribution in [2.75, 3.05) is 21.3 Å². The predicted molar refractivity (Wildman–Crippen MR) is 80.7 cm³/mol. The molecule has 5 nitrogen and oxygen atoms in total. The number of ether oxygens (including phenoxy) is 3. The van der Waals surface area contributed by atoms with Crippen molar-refractivity contribution in [2.45, 2.75) is 13.0 Å². The Morgan fingerprint density at radius 2 is 2.05 bits per heavy atom. The normalized spacial score (nSPS) is 10.2. The van der Waals surface area contributed by atoms with E-state index >= 15 is 0 Å². The highest BCUT2D eigenvalue weighted by molar-refractivity contribution is 7.15. The second kappa shape index (κ2) is 7.07. The number of methoxy groups -OCH3 is 3. The third-order valence-electron chi connectivity index (χ3n) is 2.94. The van der Waals surface area contributed by atoms with E-state index in [1.807, 2.05) is 18.2 Å². The molecular weight excluding hydrogens is 288 g/mol. The molecule has 0 unspecified atom stereocenters. The second-order valence-electron chi connectivity index (χ2n) is 4.22. The Kier molecular flexibility index (Phi) is 5.14. The minimum Gasteiger partial charge on any atom is -0.497 e. The molecule has 0 atom stereocenters. The minimum atomic E-state index is 0.322. The lowest BCUT2D eigenvalue weighted by Gasteiger charge is -2.08. The first-order chi connectivity index (χ1) is 10.2. The van der Waals surface area contributed by atoms with Crippen LogP contribution in [-0.4, -0.2) is 26.3 Å². The number of thiazole rings is 1. The average Bonchev–Trinajstić information content (AvgIpc) is 2.90. The van der Waals surface area contributed by atoms with E-state index in [1.165, 1.54) is 11.3 Å². The van der Waals surface area contributed by atoms with Crippen molar-refractivity contribution in [3.8, 4) is 28.1 Å². The van der Waals surface area contributed by atoms with Gasteiger partial charge in [0.05, 0.1) is 44.6 Å².